The zero-order valence-electron chi connectivity index (χ0n) is 9.96. The maximum atomic E-state index is 12.8. The summed E-state index contributed by atoms with van der Waals surface area (Å²) < 4.78 is 12.8. The van der Waals surface area contributed by atoms with Crippen molar-refractivity contribution in [1.82, 2.24) is 5.32 Å². The number of carbonyl (C=O) groups is 1. The minimum absolute atomic E-state index is 0.0355. The van der Waals surface area contributed by atoms with Crippen LogP contribution in [-0.2, 0) is 0 Å². The number of rotatable bonds is 4. The van der Waals surface area contributed by atoms with Crippen molar-refractivity contribution in [2.75, 3.05) is 18.9 Å². The summed E-state index contributed by atoms with van der Waals surface area (Å²) in [4.78, 5) is 11.7. The van der Waals surface area contributed by atoms with Gasteiger partial charge >= 0.3 is 0 Å². The molecule has 1 aromatic carbocycles. The molecular formula is C12H17FN2O2. The number of benzene rings is 1. The van der Waals surface area contributed by atoms with Gasteiger partial charge in [0.1, 0.15) is 5.82 Å². The van der Waals surface area contributed by atoms with E-state index in [1.807, 2.05) is 13.8 Å². The third-order valence-electron chi connectivity index (χ3n) is 2.41. The van der Waals surface area contributed by atoms with Crippen molar-refractivity contribution >= 4 is 11.6 Å². The van der Waals surface area contributed by atoms with Gasteiger partial charge in [0.2, 0.25) is 0 Å². The average molecular weight is 240 g/mol. The molecule has 0 unspecified atom stereocenters. The molecule has 0 aromatic heterocycles. The van der Waals surface area contributed by atoms with E-state index >= 15 is 0 Å². The second-order valence-corrected chi connectivity index (χ2v) is 4.74. The number of carbonyl (C=O) groups excluding carboxylic acids is 1. The number of nitrogens with two attached hydrogens (primary N) is 1. The molecule has 0 fully saturated rings. The fraction of sp³-hybridized carbons (Fsp3) is 0.417. The first-order chi connectivity index (χ1) is 7.85. The van der Waals surface area contributed by atoms with E-state index in [9.17, 15) is 9.18 Å². The summed E-state index contributed by atoms with van der Waals surface area (Å²) >= 11 is 0. The van der Waals surface area contributed by atoms with E-state index in [0.29, 0.717) is 6.54 Å². The lowest BCUT2D eigenvalue weighted by Gasteiger charge is -2.22. The van der Waals surface area contributed by atoms with Gasteiger partial charge in [0, 0.05) is 24.3 Å². The Labute approximate surface area is 99.6 Å². The second-order valence-electron chi connectivity index (χ2n) is 4.74. The Hall–Kier alpha value is -1.62. The molecule has 0 heterocycles. The average Bonchev–Trinajstić information content (AvgIpc) is 2.26. The maximum Gasteiger partial charge on any atom is 0.253 e. The lowest BCUT2D eigenvalue weighted by molar-refractivity contribution is 0.0912. The van der Waals surface area contributed by atoms with Gasteiger partial charge in [-0.3, -0.25) is 4.79 Å². The fourth-order valence-electron chi connectivity index (χ4n) is 1.21. The van der Waals surface area contributed by atoms with Crippen LogP contribution in [0.2, 0.25) is 0 Å². The van der Waals surface area contributed by atoms with Gasteiger partial charge in [-0.25, -0.2) is 4.39 Å². The normalized spacial score (nSPS) is 11.3. The van der Waals surface area contributed by atoms with E-state index in [2.05, 4.69) is 5.32 Å². The predicted molar refractivity (Wildman–Crippen MR) is 64.0 cm³/mol. The molecule has 4 nitrogen and oxygen atoms in total. The summed E-state index contributed by atoms with van der Waals surface area (Å²) in [7, 11) is 0. The lowest BCUT2D eigenvalue weighted by atomic mass is 9.95. The molecule has 0 aliphatic rings. The minimum Gasteiger partial charge on any atom is -0.398 e. The largest absolute Gasteiger partial charge is 0.398 e. The molecule has 0 bridgehead atoms. The minimum atomic E-state index is -0.477. The highest BCUT2D eigenvalue weighted by Gasteiger charge is 2.18. The highest BCUT2D eigenvalue weighted by Crippen LogP contribution is 2.15. The number of aliphatic hydroxyl groups is 1. The summed E-state index contributed by atoms with van der Waals surface area (Å²) in [6.07, 6.45) is 0. The molecule has 0 aliphatic carbocycles. The molecule has 0 saturated carbocycles. The van der Waals surface area contributed by atoms with Crippen molar-refractivity contribution in [2.24, 2.45) is 5.41 Å². The first-order valence-corrected chi connectivity index (χ1v) is 5.30. The van der Waals surface area contributed by atoms with Crippen molar-refractivity contribution in [3.63, 3.8) is 0 Å². The van der Waals surface area contributed by atoms with Crippen molar-refractivity contribution in [2.45, 2.75) is 13.8 Å². The van der Waals surface area contributed by atoms with Crippen LogP contribution in [0.1, 0.15) is 24.2 Å². The molecule has 17 heavy (non-hydrogen) atoms. The van der Waals surface area contributed by atoms with E-state index in [1.54, 1.807) is 0 Å². The lowest BCUT2D eigenvalue weighted by Crippen LogP contribution is -2.36. The summed E-state index contributed by atoms with van der Waals surface area (Å²) in [5.74, 6) is -0.848. The molecule has 1 aromatic rings. The van der Waals surface area contributed by atoms with E-state index in [-0.39, 0.29) is 23.8 Å². The van der Waals surface area contributed by atoms with Crippen LogP contribution in [0.4, 0.5) is 10.1 Å². The van der Waals surface area contributed by atoms with Gasteiger partial charge in [0.15, 0.2) is 0 Å². The molecule has 1 rings (SSSR count). The summed E-state index contributed by atoms with van der Waals surface area (Å²) in [6, 6.07) is 3.63. The standard InChI is InChI=1S/C12H17FN2O2/c1-12(2,7-16)6-15-11(17)9-4-3-8(13)5-10(9)14/h3-5,16H,6-7,14H2,1-2H3,(H,15,17). The number of anilines is 1. The molecule has 0 saturated heterocycles. The first kappa shape index (κ1) is 13.4. The van der Waals surface area contributed by atoms with Crippen LogP contribution in [0.15, 0.2) is 18.2 Å². The van der Waals surface area contributed by atoms with Crippen molar-refractivity contribution in [1.29, 1.82) is 0 Å². The van der Waals surface area contributed by atoms with E-state index < -0.39 is 11.2 Å². The third kappa shape index (κ3) is 3.71. The highest BCUT2D eigenvalue weighted by molar-refractivity contribution is 5.99. The topological polar surface area (TPSA) is 75.3 Å². The molecule has 0 aliphatic heterocycles. The molecule has 94 valence electrons. The van der Waals surface area contributed by atoms with E-state index in [1.165, 1.54) is 12.1 Å². The van der Waals surface area contributed by atoms with Crippen LogP contribution < -0.4 is 11.1 Å². The third-order valence-corrected chi connectivity index (χ3v) is 2.41. The first-order valence-electron chi connectivity index (χ1n) is 5.30. The molecular weight excluding hydrogens is 223 g/mol. The number of nitrogen functional groups attached to an aromatic ring is 1. The molecule has 5 heteroatoms. The van der Waals surface area contributed by atoms with Crippen molar-refractivity contribution < 1.29 is 14.3 Å². The quantitative estimate of drug-likeness (QED) is 0.691. The summed E-state index contributed by atoms with van der Waals surface area (Å²) in [5.41, 5.74) is 5.48. The summed E-state index contributed by atoms with van der Waals surface area (Å²) in [5, 5.41) is 11.7. The van der Waals surface area contributed by atoms with Crippen LogP contribution in [0.3, 0.4) is 0 Å². The zero-order chi connectivity index (χ0) is 13.1. The fourth-order valence-corrected chi connectivity index (χ4v) is 1.21. The van der Waals surface area contributed by atoms with Gasteiger partial charge in [-0.15, -0.1) is 0 Å². The van der Waals surface area contributed by atoms with E-state index in [0.717, 1.165) is 6.07 Å². The van der Waals surface area contributed by atoms with Crippen LogP contribution in [0.25, 0.3) is 0 Å². The number of amides is 1. The number of hydrogen-bond donors (Lipinski definition) is 3. The Morgan fingerprint density at radius 2 is 2.18 bits per heavy atom. The number of halogens is 1. The van der Waals surface area contributed by atoms with Gasteiger partial charge in [-0.2, -0.15) is 0 Å². The Balaban J connectivity index is 2.71. The molecule has 1 amide bonds. The number of hydrogen-bond acceptors (Lipinski definition) is 3. The Morgan fingerprint density at radius 1 is 1.53 bits per heavy atom. The Bertz CT molecular complexity index is 419. The summed E-state index contributed by atoms with van der Waals surface area (Å²) in [6.45, 7) is 3.92. The monoisotopic (exact) mass is 240 g/mol. The zero-order valence-corrected chi connectivity index (χ0v) is 9.96. The van der Waals surface area contributed by atoms with Crippen LogP contribution in [0.5, 0.6) is 0 Å². The van der Waals surface area contributed by atoms with Gasteiger partial charge < -0.3 is 16.2 Å². The van der Waals surface area contributed by atoms with Gasteiger partial charge in [0.25, 0.3) is 5.91 Å². The maximum absolute atomic E-state index is 12.8. The number of nitrogens with one attached hydrogen (secondary N) is 1. The highest BCUT2D eigenvalue weighted by atomic mass is 19.1. The Kier molecular flexibility index (Phi) is 4.07. The second kappa shape index (κ2) is 5.14. The van der Waals surface area contributed by atoms with Crippen molar-refractivity contribution in [3.8, 4) is 0 Å². The number of aliphatic hydroxyl groups excluding tert-OH is 1. The van der Waals surface area contributed by atoms with Crippen LogP contribution in [0, 0.1) is 11.2 Å². The van der Waals surface area contributed by atoms with E-state index in [4.69, 9.17) is 10.8 Å². The molecule has 4 N–H and O–H groups in total. The Morgan fingerprint density at radius 3 is 2.71 bits per heavy atom. The molecule has 0 spiro atoms. The molecule has 0 atom stereocenters. The van der Waals surface area contributed by atoms with Gasteiger partial charge in [-0.05, 0) is 18.2 Å². The smallest absolute Gasteiger partial charge is 0.253 e. The van der Waals surface area contributed by atoms with Crippen molar-refractivity contribution in [3.05, 3.63) is 29.6 Å². The van der Waals surface area contributed by atoms with Crippen LogP contribution in [-0.4, -0.2) is 24.2 Å². The van der Waals surface area contributed by atoms with Gasteiger partial charge in [-0.1, -0.05) is 13.8 Å². The predicted octanol–water partition coefficient (Wildman–Crippen LogP) is 1.16. The van der Waals surface area contributed by atoms with Gasteiger partial charge in [0.05, 0.1) is 5.56 Å². The SMILES string of the molecule is CC(C)(CO)CNC(=O)c1ccc(F)cc1N. The van der Waals surface area contributed by atoms with Crippen LogP contribution >= 0.6 is 0 Å². The molecule has 0 radical (unpaired) electrons.